The molecule has 0 saturated heterocycles. The van der Waals surface area contributed by atoms with E-state index in [1.54, 1.807) is 56.3 Å². The number of rotatable bonds is 13. The van der Waals surface area contributed by atoms with E-state index in [4.69, 9.17) is 27.9 Å². The summed E-state index contributed by atoms with van der Waals surface area (Å²) >= 11 is 12.8. The summed E-state index contributed by atoms with van der Waals surface area (Å²) in [4.78, 5) is 28.3. The van der Waals surface area contributed by atoms with Crippen LogP contribution in [-0.4, -0.2) is 57.1 Å². The van der Waals surface area contributed by atoms with E-state index in [0.29, 0.717) is 40.9 Å². The van der Waals surface area contributed by atoms with E-state index >= 15 is 0 Å². The summed E-state index contributed by atoms with van der Waals surface area (Å²) in [5.74, 6) is -0.391. The van der Waals surface area contributed by atoms with Gasteiger partial charge in [-0.1, -0.05) is 62.2 Å². The van der Waals surface area contributed by atoms with Crippen LogP contribution in [0.5, 0.6) is 5.75 Å². The fourth-order valence-corrected chi connectivity index (χ4v) is 5.10. The molecule has 0 aliphatic rings. The van der Waals surface area contributed by atoms with E-state index in [2.05, 4.69) is 5.32 Å². The highest BCUT2D eigenvalue weighted by atomic mass is 35.5. The van der Waals surface area contributed by atoms with E-state index in [9.17, 15) is 18.0 Å². The number of sulfonamides is 1. The van der Waals surface area contributed by atoms with Gasteiger partial charge in [-0.25, -0.2) is 8.42 Å². The van der Waals surface area contributed by atoms with Gasteiger partial charge in [0, 0.05) is 28.7 Å². The number of halogens is 2. The molecule has 1 atom stereocenters. The summed E-state index contributed by atoms with van der Waals surface area (Å²) < 4.78 is 32.3. The Morgan fingerprint density at radius 2 is 1.65 bits per heavy atom. The molecule has 2 aromatic rings. The Labute approximate surface area is 229 Å². The average molecular weight is 573 g/mol. The first-order valence-electron chi connectivity index (χ1n) is 12.1. The normalized spacial score (nSPS) is 12.2. The SMILES string of the molecule is CCOc1ccccc1N(CC(=O)N(Cc1c(Cl)cccc1Cl)C(CC)C(=O)NCC(C)C)S(C)(=O)=O. The molecular weight excluding hydrogens is 537 g/mol. The zero-order valence-electron chi connectivity index (χ0n) is 21.8. The molecule has 0 heterocycles. The van der Waals surface area contributed by atoms with Gasteiger partial charge in [0.05, 0.1) is 18.6 Å². The van der Waals surface area contributed by atoms with Gasteiger partial charge in [0.1, 0.15) is 18.3 Å². The molecule has 0 saturated carbocycles. The van der Waals surface area contributed by atoms with Crippen LogP contribution < -0.4 is 14.4 Å². The summed E-state index contributed by atoms with van der Waals surface area (Å²) in [6.45, 7) is 7.63. The van der Waals surface area contributed by atoms with Crippen LogP contribution >= 0.6 is 23.2 Å². The average Bonchev–Trinajstić information content (AvgIpc) is 2.82. The zero-order chi connectivity index (χ0) is 27.8. The molecule has 0 aliphatic carbocycles. The number of hydrogen-bond donors (Lipinski definition) is 1. The summed E-state index contributed by atoms with van der Waals surface area (Å²) in [6, 6.07) is 10.7. The van der Waals surface area contributed by atoms with E-state index in [1.807, 2.05) is 13.8 Å². The van der Waals surface area contributed by atoms with Crippen molar-refractivity contribution in [1.29, 1.82) is 0 Å². The van der Waals surface area contributed by atoms with Gasteiger partial charge < -0.3 is 15.0 Å². The summed E-state index contributed by atoms with van der Waals surface area (Å²) in [5, 5.41) is 3.55. The van der Waals surface area contributed by atoms with Gasteiger partial charge in [0.25, 0.3) is 0 Å². The highest BCUT2D eigenvalue weighted by molar-refractivity contribution is 7.92. The highest BCUT2D eigenvalue weighted by Gasteiger charge is 2.33. The Bertz CT molecular complexity index is 1170. The monoisotopic (exact) mass is 571 g/mol. The molecule has 11 heteroatoms. The molecule has 0 bridgehead atoms. The van der Waals surface area contributed by atoms with Crippen LogP contribution in [0.2, 0.25) is 10.0 Å². The van der Waals surface area contributed by atoms with Gasteiger partial charge in [-0.05, 0) is 43.5 Å². The number of nitrogens with zero attached hydrogens (tertiary/aromatic N) is 2. The third-order valence-corrected chi connectivity index (χ3v) is 7.41. The minimum absolute atomic E-state index is 0.0738. The molecule has 1 N–H and O–H groups in total. The molecule has 2 rings (SSSR count). The van der Waals surface area contributed by atoms with Crippen LogP contribution in [0, 0.1) is 5.92 Å². The van der Waals surface area contributed by atoms with Gasteiger partial charge >= 0.3 is 0 Å². The van der Waals surface area contributed by atoms with Crippen molar-refractivity contribution in [3.63, 3.8) is 0 Å². The molecule has 8 nitrogen and oxygen atoms in total. The fourth-order valence-electron chi connectivity index (χ4n) is 3.73. The van der Waals surface area contributed by atoms with Gasteiger partial charge in [0.2, 0.25) is 21.8 Å². The number of ether oxygens (including phenoxy) is 1. The number of carbonyl (C=O) groups is 2. The van der Waals surface area contributed by atoms with Crippen molar-refractivity contribution in [3.05, 3.63) is 58.1 Å². The maximum absolute atomic E-state index is 13.8. The second-order valence-corrected chi connectivity index (χ2v) is 11.7. The minimum atomic E-state index is -3.90. The number of carbonyl (C=O) groups excluding carboxylic acids is 2. The van der Waals surface area contributed by atoms with Crippen LogP contribution in [0.4, 0.5) is 5.69 Å². The van der Waals surface area contributed by atoms with Crippen LogP contribution in [0.25, 0.3) is 0 Å². The van der Waals surface area contributed by atoms with Crippen molar-refractivity contribution < 1.29 is 22.7 Å². The Kier molecular flexibility index (Phi) is 11.5. The first-order chi connectivity index (χ1) is 17.4. The van der Waals surface area contributed by atoms with E-state index in [0.717, 1.165) is 10.6 Å². The lowest BCUT2D eigenvalue weighted by molar-refractivity contribution is -0.140. The Morgan fingerprint density at radius 1 is 1.03 bits per heavy atom. The van der Waals surface area contributed by atoms with Gasteiger partial charge in [-0.15, -0.1) is 0 Å². The molecule has 2 aromatic carbocycles. The van der Waals surface area contributed by atoms with Crippen LogP contribution in [0.15, 0.2) is 42.5 Å². The number of amides is 2. The van der Waals surface area contributed by atoms with Gasteiger partial charge in [-0.2, -0.15) is 0 Å². The maximum Gasteiger partial charge on any atom is 0.244 e. The Hall–Kier alpha value is -2.49. The predicted octanol–water partition coefficient (Wildman–Crippen LogP) is 4.74. The molecule has 2 amide bonds. The van der Waals surface area contributed by atoms with Crippen molar-refractivity contribution in [2.24, 2.45) is 5.92 Å². The summed E-state index contributed by atoms with van der Waals surface area (Å²) in [7, 11) is -3.90. The number of benzene rings is 2. The first-order valence-corrected chi connectivity index (χ1v) is 14.7. The molecule has 0 radical (unpaired) electrons. The van der Waals surface area contributed by atoms with Crippen molar-refractivity contribution in [2.45, 2.75) is 46.7 Å². The van der Waals surface area contributed by atoms with Crippen LogP contribution in [0.1, 0.15) is 39.7 Å². The molecule has 0 spiro atoms. The van der Waals surface area contributed by atoms with Crippen molar-refractivity contribution in [2.75, 3.05) is 30.3 Å². The topological polar surface area (TPSA) is 96.0 Å². The largest absolute Gasteiger partial charge is 0.492 e. The Balaban J connectivity index is 2.53. The lowest BCUT2D eigenvalue weighted by atomic mass is 10.1. The van der Waals surface area contributed by atoms with E-state index in [-0.39, 0.29) is 24.1 Å². The second kappa shape index (κ2) is 13.9. The van der Waals surface area contributed by atoms with Crippen molar-refractivity contribution in [3.8, 4) is 5.75 Å². The fraction of sp³-hybridized carbons (Fsp3) is 0.462. The van der Waals surface area contributed by atoms with E-state index in [1.165, 1.54) is 4.90 Å². The van der Waals surface area contributed by atoms with Gasteiger partial charge in [0.15, 0.2) is 0 Å². The van der Waals surface area contributed by atoms with Crippen molar-refractivity contribution >= 4 is 50.7 Å². The molecule has 0 aliphatic heterocycles. The predicted molar refractivity (Wildman–Crippen MR) is 149 cm³/mol. The van der Waals surface area contributed by atoms with Crippen LogP contribution in [0.3, 0.4) is 0 Å². The van der Waals surface area contributed by atoms with E-state index < -0.39 is 28.5 Å². The minimum Gasteiger partial charge on any atom is -0.492 e. The van der Waals surface area contributed by atoms with Gasteiger partial charge in [-0.3, -0.25) is 13.9 Å². The smallest absolute Gasteiger partial charge is 0.244 e. The zero-order valence-corrected chi connectivity index (χ0v) is 24.2. The highest BCUT2D eigenvalue weighted by Crippen LogP contribution is 2.31. The molecule has 1 unspecified atom stereocenters. The standard InChI is InChI=1S/C26H35Cl2N3O5S/c1-6-22(26(33)29-15-18(3)4)30(16-19-20(27)11-10-12-21(19)28)25(32)17-31(37(5,34)35)23-13-8-9-14-24(23)36-7-2/h8-14,18,22H,6-7,15-17H2,1-5H3,(H,29,33). The second-order valence-electron chi connectivity index (χ2n) is 8.96. The lowest BCUT2D eigenvalue weighted by Crippen LogP contribution is -2.52. The summed E-state index contributed by atoms with van der Waals surface area (Å²) in [6.07, 6.45) is 1.32. The maximum atomic E-state index is 13.8. The third-order valence-electron chi connectivity index (χ3n) is 5.57. The number of nitrogens with one attached hydrogen (secondary N) is 1. The number of anilines is 1. The molecular formula is C26H35Cl2N3O5S. The number of para-hydroxylation sites is 2. The number of hydrogen-bond acceptors (Lipinski definition) is 5. The quantitative estimate of drug-likeness (QED) is 0.374. The molecule has 204 valence electrons. The molecule has 0 aromatic heterocycles. The Morgan fingerprint density at radius 3 is 2.19 bits per heavy atom. The third kappa shape index (κ3) is 8.51. The molecule has 37 heavy (non-hydrogen) atoms. The lowest BCUT2D eigenvalue weighted by Gasteiger charge is -2.33. The molecule has 0 fully saturated rings. The summed E-state index contributed by atoms with van der Waals surface area (Å²) in [5.41, 5.74) is 0.697. The van der Waals surface area contributed by atoms with Crippen molar-refractivity contribution in [1.82, 2.24) is 10.2 Å². The first kappa shape index (κ1) is 30.7. The van der Waals surface area contributed by atoms with Crippen LogP contribution in [-0.2, 0) is 26.2 Å².